The van der Waals surface area contributed by atoms with Crippen molar-refractivity contribution >= 4 is 56.1 Å². The topological polar surface area (TPSA) is 58.3 Å². The summed E-state index contributed by atoms with van der Waals surface area (Å²) in [6, 6.07) is 62.9. The minimum Gasteiger partial charge on any atom is -0.456 e. The first-order valence-corrected chi connectivity index (χ1v) is 19.2. The highest BCUT2D eigenvalue weighted by Crippen LogP contribution is 2.44. The van der Waals surface area contributed by atoms with Gasteiger partial charge in [0, 0.05) is 50.9 Å². The lowest BCUT2D eigenvalue weighted by molar-refractivity contribution is 0.669. The van der Waals surface area contributed by atoms with Crippen molar-refractivity contribution in [3.05, 3.63) is 212 Å². The summed E-state index contributed by atoms with van der Waals surface area (Å²) in [6.45, 7) is 0. The number of para-hydroxylation sites is 3. The second kappa shape index (κ2) is 14.9. The molecule has 6 heteroatoms. The molecule has 2 heterocycles. The van der Waals surface area contributed by atoms with Crippen LogP contribution in [0.4, 0.5) is 34.1 Å². The third-order valence-corrected chi connectivity index (χ3v) is 10.4. The zero-order chi connectivity index (χ0) is 38.0. The van der Waals surface area contributed by atoms with Gasteiger partial charge in [0.1, 0.15) is 17.0 Å². The highest BCUT2D eigenvalue weighted by Gasteiger charge is 2.22. The van der Waals surface area contributed by atoms with Crippen molar-refractivity contribution < 1.29 is 4.42 Å². The van der Waals surface area contributed by atoms with Crippen LogP contribution in [-0.2, 0) is 0 Å². The normalized spacial score (nSPS) is 13.6. The molecule has 0 spiro atoms. The van der Waals surface area contributed by atoms with Crippen LogP contribution >= 0.6 is 0 Å². The maximum Gasteiger partial charge on any atom is 0.163 e. The number of benzene rings is 7. The van der Waals surface area contributed by atoms with Crippen LogP contribution < -0.4 is 9.80 Å². The number of nitrogens with zero attached hydrogens (tertiary/aromatic N) is 5. The predicted molar refractivity (Wildman–Crippen MR) is 233 cm³/mol. The van der Waals surface area contributed by atoms with Crippen LogP contribution in [0.5, 0.6) is 0 Å². The van der Waals surface area contributed by atoms with E-state index in [1.807, 2.05) is 48.5 Å². The monoisotopic (exact) mass is 735 g/mol. The second-order valence-electron chi connectivity index (χ2n) is 14.0. The van der Waals surface area contributed by atoms with E-state index in [-0.39, 0.29) is 5.92 Å². The molecule has 1 atom stereocenters. The minimum absolute atomic E-state index is 0.0782. The van der Waals surface area contributed by atoms with Crippen molar-refractivity contribution in [1.29, 1.82) is 0 Å². The highest BCUT2D eigenvalue weighted by molar-refractivity contribution is 6.14. The Hall–Kier alpha value is -7.57. The van der Waals surface area contributed by atoms with E-state index in [9.17, 15) is 0 Å². The van der Waals surface area contributed by atoms with Gasteiger partial charge in [-0.2, -0.15) is 0 Å². The lowest BCUT2D eigenvalue weighted by atomic mass is 10.00. The number of hydrogen-bond acceptors (Lipinski definition) is 6. The molecule has 0 N–H and O–H groups in total. The molecule has 57 heavy (non-hydrogen) atoms. The Morgan fingerprint density at radius 1 is 0.456 bits per heavy atom. The van der Waals surface area contributed by atoms with Crippen molar-refractivity contribution in [2.45, 2.75) is 12.3 Å². The van der Waals surface area contributed by atoms with E-state index in [0.29, 0.717) is 11.6 Å². The molecular weight excluding hydrogens is 699 g/mol. The molecule has 0 radical (unpaired) electrons. The molecule has 0 saturated carbocycles. The van der Waals surface area contributed by atoms with Crippen LogP contribution in [-0.4, -0.2) is 15.0 Å². The molecular formula is C51H37N5O. The molecule has 0 fully saturated rings. The molecule has 0 bridgehead atoms. The van der Waals surface area contributed by atoms with Gasteiger partial charge in [0.15, 0.2) is 11.6 Å². The van der Waals surface area contributed by atoms with Crippen LogP contribution in [0.2, 0.25) is 0 Å². The number of furan rings is 1. The van der Waals surface area contributed by atoms with Gasteiger partial charge in [-0.3, -0.25) is 0 Å². The number of aromatic nitrogens is 3. The molecule has 2 aromatic heterocycles. The largest absolute Gasteiger partial charge is 0.456 e. The van der Waals surface area contributed by atoms with E-state index in [4.69, 9.17) is 19.4 Å². The molecule has 0 aliphatic heterocycles. The Bertz CT molecular complexity index is 2830. The maximum absolute atomic E-state index is 6.66. The van der Waals surface area contributed by atoms with E-state index >= 15 is 0 Å². The number of anilines is 6. The standard InChI is InChI=1S/C51H37N5O/c1-6-17-36(18-7-1)49-52-50(37-19-8-2-9-20-37)54-51(53-49)38-29-34-44-47(35-38)57-46-28-16-27-45(48(44)46)56(41-25-14-5-15-26-41)43-32-30-42(31-33-43)55(39-21-10-3-11-22-39)40-23-12-4-13-24-40/h1-19,21-35,37H,20H2. The molecule has 7 aromatic carbocycles. The van der Waals surface area contributed by atoms with Gasteiger partial charge in [0.25, 0.3) is 0 Å². The Morgan fingerprint density at radius 3 is 1.63 bits per heavy atom. The van der Waals surface area contributed by atoms with E-state index in [2.05, 4.69) is 168 Å². The summed E-state index contributed by atoms with van der Waals surface area (Å²) in [4.78, 5) is 19.6. The van der Waals surface area contributed by atoms with Crippen LogP contribution in [0.25, 0.3) is 44.7 Å². The fourth-order valence-corrected chi connectivity index (χ4v) is 7.66. The quantitative estimate of drug-likeness (QED) is 0.147. The van der Waals surface area contributed by atoms with Crippen molar-refractivity contribution in [3.63, 3.8) is 0 Å². The lowest BCUT2D eigenvalue weighted by Crippen LogP contribution is -2.12. The zero-order valence-electron chi connectivity index (χ0n) is 31.1. The van der Waals surface area contributed by atoms with Crippen LogP contribution in [0.3, 0.4) is 0 Å². The van der Waals surface area contributed by atoms with Gasteiger partial charge >= 0.3 is 0 Å². The van der Waals surface area contributed by atoms with E-state index in [1.54, 1.807) is 0 Å². The molecule has 272 valence electrons. The van der Waals surface area contributed by atoms with Crippen molar-refractivity contribution in [2.75, 3.05) is 9.80 Å². The summed E-state index contributed by atoms with van der Waals surface area (Å²) in [7, 11) is 0. The fraction of sp³-hybridized carbons (Fsp3) is 0.0392. The lowest BCUT2D eigenvalue weighted by Gasteiger charge is -2.28. The molecule has 6 nitrogen and oxygen atoms in total. The average Bonchev–Trinajstić information content (AvgIpc) is 3.67. The Morgan fingerprint density at radius 2 is 1.02 bits per heavy atom. The van der Waals surface area contributed by atoms with Crippen molar-refractivity contribution in [1.82, 2.24) is 15.0 Å². The maximum atomic E-state index is 6.66. The third-order valence-electron chi connectivity index (χ3n) is 10.4. The SMILES string of the molecule is C1=CCC(c2nc(-c3ccccc3)nc(-c3ccc4c(c3)oc3cccc(N(c5ccccc5)c5ccc(N(c6ccccc6)c6ccccc6)cc5)c34)n2)C=C1. The number of allylic oxidation sites excluding steroid dienone is 4. The first-order valence-electron chi connectivity index (χ1n) is 19.2. The van der Waals surface area contributed by atoms with E-state index < -0.39 is 0 Å². The Balaban J connectivity index is 1.08. The second-order valence-corrected chi connectivity index (χ2v) is 14.0. The molecule has 10 rings (SSSR count). The van der Waals surface area contributed by atoms with E-state index in [0.717, 1.165) is 79.4 Å². The van der Waals surface area contributed by atoms with Crippen LogP contribution in [0.15, 0.2) is 211 Å². The third kappa shape index (κ3) is 6.64. The molecule has 0 amide bonds. The van der Waals surface area contributed by atoms with Crippen LogP contribution in [0.1, 0.15) is 18.2 Å². The summed E-state index contributed by atoms with van der Waals surface area (Å²) >= 11 is 0. The van der Waals surface area contributed by atoms with Gasteiger partial charge in [-0.15, -0.1) is 0 Å². The van der Waals surface area contributed by atoms with Gasteiger partial charge in [0.2, 0.25) is 0 Å². The summed E-state index contributed by atoms with van der Waals surface area (Å²) in [6.07, 6.45) is 9.30. The summed E-state index contributed by atoms with van der Waals surface area (Å²) in [5, 5.41) is 2.04. The zero-order valence-corrected chi connectivity index (χ0v) is 31.1. The van der Waals surface area contributed by atoms with Gasteiger partial charge < -0.3 is 14.2 Å². The van der Waals surface area contributed by atoms with Gasteiger partial charge in [-0.1, -0.05) is 121 Å². The molecule has 1 unspecified atom stereocenters. The molecule has 1 aliphatic carbocycles. The Kier molecular flexibility index (Phi) is 8.89. The van der Waals surface area contributed by atoms with Gasteiger partial charge in [0.05, 0.1) is 11.1 Å². The molecule has 0 saturated heterocycles. The first kappa shape index (κ1) is 34.0. The molecule has 9 aromatic rings. The summed E-state index contributed by atoms with van der Waals surface area (Å²) in [5.74, 6) is 2.11. The summed E-state index contributed by atoms with van der Waals surface area (Å²) in [5.41, 5.74) is 9.75. The number of hydrogen-bond donors (Lipinski definition) is 0. The first-order chi connectivity index (χ1) is 28.3. The number of rotatable bonds is 9. The fourth-order valence-electron chi connectivity index (χ4n) is 7.66. The van der Waals surface area contributed by atoms with E-state index in [1.165, 1.54) is 0 Å². The van der Waals surface area contributed by atoms with Gasteiger partial charge in [-0.05, 0) is 91.3 Å². The van der Waals surface area contributed by atoms with Crippen LogP contribution in [0, 0.1) is 0 Å². The summed E-state index contributed by atoms with van der Waals surface area (Å²) < 4.78 is 6.66. The minimum atomic E-state index is 0.0782. The average molecular weight is 736 g/mol. The highest BCUT2D eigenvalue weighted by atomic mass is 16.3. The van der Waals surface area contributed by atoms with Crippen molar-refractivity contribution in [3.8, 4) is 22.8 Å². The van der Waals surface area contributed by atoms with Crippen molar-refractivity contribution in [2.24, 2.45) is 0 Å². The molecule has 1 aliphatic rings. The number of fused-ring (bicyclic) bond motifs is 3. The Labute approximate surface area is 331 Å². The smallest absolute Gasteiger partial charge is 0.163 e. The van der Waals surface area contributed by atoms with Gasteiger partial charge in [-0.25, -0.2) is 15.0 Å². The predicted octanol–water partition coefficient (Wildman–Crippen LogP) is 13.6.